The van der Waals surface area contributed by atoms with E-state index in [1.807, 2.05) is 12.1 Å². The van der Waals surface area contributed by atoms with Crippen LogP contribution in [0, 0.1) is 29.1 Å². The van der Waals surface area contributed by atoms with Gasteiger partial charge < -0.3 is 4.79 Å². The Kier molecular flexibility index (Phi) is 4.93. The number of benzene rings is 1. The van der Waals surface area contributed by atoms with E-state index in [1.54, 1.807) is 0 Å². The standard InChI is InChI=1S/C20H25NO/c21-13-15-1-5-17(6-2-15)19-9-11-20(12-10-19)18-7-3-16(14-22)4-8-18/h1-2,5-6,14,16,18-20H,3-4,7-12H2/t16-,18-,19-,20-. The SMILES string of the molecule is N#Cc1ccc([C@H]2CC[C@H]([C@H]3CC[C@H](C=O)CC3)CC2)cc1. The fourth-order valence-electron chi connectivity index (χ4n) is 4.51. The zero-order chi connectivity index (χ0) is 15.4. The van der Waals surface area contributed by atoms with Crippen LogP contribution >= 0.6 is 0 Å². The monoisotopic (exact) mass is 295 g/mol. The molecule has 1 aromatic rings. The van der Waals surface area contributed by atoms with Crippen LogP contribution in [-0.2, 0) is 4.79 Å². The van der Waals surface area contributed by atoms with E-state index < -0.39 is 0 Å². The minimum Gasteiger partial charge on any atom is -0.303 e. The molecule has 2 fully saturated rings. The first-order chi connectivity index (χ1) is 10.8. The molecule has 0 heterocycles. The molecule has 0 aliphatic heterocycles. The van der Waals surface area contributed by atoms with Crippen molar-refractivity contribution in [3.05, 3.63) is 35.4 Å². The molecule has 0 bridgehead atoms. The Balaban J connectivity index is 1.52. The molecule has 116 valence electrons. The third-order valence-electron chi connectivity index (χ3n) is 5.96. The fourth-order valence-corrected chi connectivity index (χ4v) is 4.51. The molecule has 0 spiro atoms. The van der Waals surface area contributed by atoms with E-state index >= 15 is 0 Å². The van der Waals surface area contributed by atoms with Gasteiger partial charge in [0.25, 0.3) is 0 Å². The summed E-state index contributed by atoms with van der Waals surface area (Å²) in [7, 11) is 0. The Morgan fingerprint density at radius 1 is 0.864 bits per heavy atom. The van der Waals surface area contributed by atoms with E-state index in [1.165, 1.54) is 44.1 Å². The van der Waals surface area contributed by atoms with Gasteiger partial charge in [-0.1, -0.05) is 12.1 Å². The molecular weight excluding hydrogens is 270 g/mol. The van der Waals surface area contributed by atoms with Gasteiger partial charge in [0.05, 0.1) is 11.6 Å². The molecule has 22 heavy (non-hydrogen) atoms. The summed E-state index contributed by atoms with van der Waals surface area (Å²) in [6.07, 6.45) is 11.1. The minimum absolute atomic E-state index is 0.339. The number of aldehydes is 1. The largest absolute Gasteiger partial charge is 0.303 e. The second kappa shape index (κ2) is 7.09. The van der Waals surface area contributed by atoms with Crippen LogP contribution in [0.3, 0.4) is 0 Å². The highest BCUT2D eigenvalue weighted by Gasteiger charge is 2.31. The maximum atomic E-state index is 10.9. The van der Waals surface area contributed by atoms with E-state index in [0.717, 1.165) is 36.5 Å². The normalized spacial score (nSPS) is 32.1. The average molecular weight is 295 g/mol. The maximum absolute atomic E-state index is 10.9. The van der Waals surface area contributed by atoms with Gasteiger partial charge >= 0.3 is 0 Å². The van der Waals surface area contributed by atoms with Crippen molar-refractivity contribution in [1.82, 2.24) is 0 Å². The molecule has 3 rings (SSSR count). The van der Waals surface area contributed by atoms with E-state index in [9.17, 15) is 4.79 Å². The van der Waals surface area contributed by atoms with E-state index in [0.29, 0.717) is 11.8 Å². The molecular formula is C20H25NO. The lowest BCUT2D eigenvalue weighted by molar-refractivity contribution is -0.112. The van der Waals surface area contributed by atoms with Gasteiger partial charge in [0.1, 0.15) is 6.29 Å². The molecule has 0 radical (unpaired) electrons. The third-order valence-corrected chi connectivity index (χ3v) is 5.96. The maximum Gasteiger partial charge on any atom is 0.123 e. The first kappa shape index (κ1) is 15.3. The highest BCUT2D eigenvalue weighted by Crippen LogP contribution is 2.43. The van der Waals surface area contributed by atoms with Crippen LogP contribution in [0.25, 0.3) is 0 Å². The van der Waals surface area contributed by atoms with Gasteiger partial charge in [-0.2, -0.15) is 5.26 Å². The summed E-state index contributed by atoms with van der Waals surface area (Å²) in [6.45, 7) is 0. The summed E-state index contributed by atoms with van der Waals surface area (Å²) in [4.78, 5) is 10.9. The van der Waals surface area contributed by atoms with Crippen LogP contribution in [0.5, 0.6) is 0 Å². The van der Waals surface area contributed by atoms with Gasteiger partial charge in [-0.25, -0.2) is 0 Å². The van der Waals surface area contributed by atoms with Crippen LogP contribution in [0.1, 0.15) is 68.4 Å². The summed E-state index contributed by atoms with van der Waals surface area (Å²) in [5.74, 6) is 2.75. The third kappa shape index (κ3) is 3.40. The number of carbonyl (C=O) groups excluding carboxylic acids is 1. The molecule has 2 aliphatic rings. The second-order valence-electron chi connectivity index (χ2n) is 7.16. The Morgan fingerprint density at radius 3 is 1.91 bits per heavy atom. The highest BCUT2D eigenvalue weighted by molar-refractivity contribution is 5.53. The lowest BCUT2D eigenvalue weighted by Crippen LogP contribution is -2.25. The number of carbonyl (C=O) groups is 1. The van der Waals surface area contributed by atoms with Crippen LogP contribution in [0.4, 0.5) is 0 Å². The predicted octanol–water partition coefficient (Wildman–Crippen LogP) is 4.84. The molecule has 0 atom stereocenters. The van der Waals surface area contributed by atoms with Crippen LogP contribution in [0.15, 0.2) is 24.3 Å². The number of rotatable bonds is 3. The molecule has 0 unspecified atom stereocenters. The van der Waals surface area contributed by atoms with Crippen molar-refractivity contribution in [2.45, 2.75) is 57.3 Å². The van der Waals surface area contributed by atoms with Gasteiger partial charge in [-0.05, 0) is 86.8 Å². The number of hydrogen-bond acceptors (Lipinski definition) is 2. The van der Waals surface area contributed by atoms with Gasteiger partial charge in [0.2, 0.25) is 0 Å². The van der Waals surface area contributed by atoms with Crippen molar-refractivity contribution >= 4 is 6.29 Å². The Bertz CT molecular complexity index is 526. The van der Waals surface area contributed by atoms with Crippen LogP contribution in [0.2, 0.25) is 0 Å². The van der Waals surface area contributed by atoms with E-state index in [2.05, 4.69) is 18.2 Å². The predicted molar refractivity (Wildman–Crippen MR) is 87.4 cm³/mol. The summed E-state index contributed by atoms with van der Waals surface area (Å²) < 4.78 is 0. The van der Waals surface area contributed by atoms with Crippen molar-refractivity contribution in [3.8, 4) is 6.07 Å². The van der Waals surface area contributed by atoms with Gasteiger partial charge in [-0.15, -0.1) is 0 Å². The summed E-state index contributed by atoms with van der Waals surface area (Å²) >= 11 is 0. The topological polar surface area (TPSA) is 40.9 Å². The molecule has 2 saturated carbocycles. The molecule has 2 aliphatic carbocycles. The van der Waals surface area contributed by atoms with Crippen molar-refractivity contribution in [1.29, 1.82) is 5.26 Å². The van der Waals surface area contributed by atoms with Crippen molar-refractivity contribution < 1.29 is 4.79 Å². The Hall–Kier alpha value is -1.62. The molecule has 2 heteroatoms. The van der Waals surface area contributed by atoms with Crippen LogP contribution < -0.4 is 0 Å². The van der Waals surface area contributed by atoms with Crippen LogP contribution in [-0.4, -0.2) is 6.29 Å². The zero-order valence-electron chi connectivity index (χ0n) is 13.2. The molecule has 0 saturated heterocycles. The average Bonchev–Trinajstić information content (AvgIpc) is 2.62. The fraction of sp³-hybridized carbons (Fsp3) is 0.600. The van der Waals surface area contributed by atoms with Crippen molar-refractivity contribution in [2.24, 2.45) is 17.8 Å². The van der Waals surface area contributed by atoms with Gasteiger partial charge in [-0.3, -0.25) is 0 Å². The van der Waals surface area contributed by atoms with Crippen molar-refractivity contribution in [3.63, 3.8) is 0 Å². The highest BCUT2D eigenvalue weighted by atomic mass is 16.1. The molecule has 0 N–H and O–H groups in total. The summed E-state index contributed by atoms with van der Waals surface area (Å²) in [5.41, 5.74) is 2.16. The summed E-state index contributed by atoms with van der Waals surface area (Å²) in [6, 6.07) is 10.4. The van der Waals surface area contributed by atoms with Gasteiger partial charge in [0.15, 0.2) is 0 Å². The number of hydrogen-bond donors (Lipinski definition) is 0. The first-order valence-electron chi connectivity index (χ1n) is 8.75. The van der Waals surface area contributed by atoms with E-state index in [-0.39, 0.29) is 0 Å². The lowest BCUT2D eigenvalue weighted by Gasteiger charge is -2.37. The first-order valence-corrected chi connectivity index (χ1v) is 8.75. The zero-order valence-corrected chi connectivity index (χ0v) is 13.2. The Morgan fingerprint density at radius 2 is 1.41 bits per heavy atom. The molecule has 2 nitrogen and oxygen atoms in total. The van der Waals surface area contributed by atoms with E-state index in [4.69, 9.17) is 5.26 Å². The molecule has 0 aromatic heterocycles. The number of nitrogens with zero attached hydrogens (tertiary/aromatic N) is 1. The molecule has 0 amide bonds. The molecule has 1 aromatic carbocycles. The summed E-state index contributed by atoms with van der Waals surface area (Å²) in [5, 5.41) is 8.88. The second-order valence-corrected chi connectivity index (χ2v) is 7.16. The smallest absolute Gasteiger partial charge is 0.123 e. The van der Waals surface area contributed by atoms with Crippen molar-refractivity contribution in [2.75, 3.05) is 0 Å². The number of nitriles is 1. The Labute approximate surface area is 133 Å². The lowest BCUT2D eigenvalue weighted by atomic mass is 9.68. The quantitative estimate of drug-likeness (QED) is 0.749. The minimum atomic E-state index is 0.339. The van der Waals surface area contributed by atoms with Gasteiger partial charge in [0, 0.05) is 5.92 Å².